The van der Waals surface area contributed by atoms with Crippen molar-refractivity contribution in [2.75, 3.05) is 0 Å². The van der Waals surface area contributed by atoms with E-state index in [0.29, 0.717) is 0 Å². The van der Waals surface area contributed by atoms with E-state index in [4.69, 9.17) is 23.2 Å². The molecule has 0 aliphatic heterocycles. The van der Waals surface area contributed by atoms with Crippen LogP contribution in [-0.2, 0) is 41.5 Å². The van der Waals surface area contributed by atoms with Crippen LogP contribution in [-0.4, -0.2) is 3.21 Å². The van der Waals surface area contributed by atoms with Crippen molar-refractivity contribution in [2.24, 2.45) is 0 Å². The molecule has 0 radical (unpaired) electrons. The number of hydrogen-bond acceptors (Lipinski definition) is 0. The van der Waals surface area contributed by atoms with Gasteiger partial charge in [-0.2, -0.15) is 6.08 Å². The quantitative estimate of drug-likeness (QED) is 0.154. The van der Waals surface area contributed by atoms with Crippen LogP contribution in [0, 0.1) is 12.1 Å². The predicted molar refractivity (Wildman–Crippen MR) is 264 cm³/mol. The fourth-order valence-electron chi connectivity index (χ4n) is 8.55. The molecule has 0 saturated carbocycles. The Morgan fingerprint density at radius 2 is 1.06 bits per heavy atom. The van der Waals surface area contributed by atoms with Crippen molar-refractivity contribution in [1.29, 1.82) is 0 Å². The average Bonchev–Trinajstić information content (AvgIpc) is 3.97. The van der Waals surface area contributed by atoms with Crippen molar-refractivity contribution in [3.05, 3.63) is 225 Å². The van der Waals surface area contributed by atoms with Gasteiger partial charge in [0.1, 0.15) is 0 Å². The monoisotopic (exact) mass is 918 g/mol. The summed E-state index contributed by atoms with van der Waals surface area (Å²) < 4.78 is 1.26. The first-order valence-corrected chi connectivity index (χ1v) is 23.3. The summed E-state index contributed by atoms with van der Waals surface area (Å²) in [4.78, 5) is 0. The fraction of sp³-hybridized carbons (Fsp3) is 0.169. The second-order valence-electron chi connectivity index (χ2n) is 18.1. The maximum absolute atomic E-state index is 6.38. The zero-order valence-electron chi connectivity index (χ0n) is 36.3. The smallest absolute Gasteiger partial charge is 0.109 e. The van der Waals surface area contributed by atoms with Gasteiger partial charge in [0.2, 0.25) is 0 Å². The number of benzene rings is 8. The first kappa shape index (κ1) is 43.7. The van der Waals surface area contributed by atoms with Crippen LogP contribution in [0.5, 0.6) is 0 Å². The van der Waals surface area contributed by atoms with Crippen LogP contribution >= 0.6 is 23.2 Å². The van der Waals surface area contributed by atoms with Gasteiger partial charge in [-0.1, -0.05) is 131 Å². The Balaban J connectivity index is 0.000000159. The summed E-state index contributed by atoms with van der Waals surface area (Å²) in [6.07, 6.45) is 10.9. The molecule has 3 heteroatoms. The molecule has 10 rings (SSSR count). The van der Waals surface area contributed by atoms with E-state index in [-0.39, 0.29) is 10.8 Å². The molecule has 0 nitrogen and oxygen atoms in total. The molecular weight excluding hydrogens is 871 g/mol. The minimum Gasteiger partial charge on any atom is -0.273 e. The maximum Gasteiger partial charge on any atom is -0.109 e. The van der Waals surface area contributed by atoms with E-state index in [2.05, 4.69) is 187 Å². The third kappa shape index (κ3) is 9.53. The summed E-state index contributed by atoms with van der Waals surface area (Å²) in [5.41, 5.74) is 15.9. The van der Waals surface area contributed by atoms with Gasteiger partial charge in [0.25, 0.3) is 0 Å². The summed E-state index contributed by atoms with van der Waals surface area (Å²) in [5, 5.41) is 6.28. The Bertz CT molecular complexity index is 2790. The molecule has 0 N–H and O–H groups in total. The Morgan fingerprint density at radius 1 is 0.548 bits per heavy atom. The van der Waals surface area contributed by atoms with E-state index in [1.165, 1.54) is 105 Å². The molecule has 304 valence electrons. The number of allylic oxidation sites excluding steroid dienone is 4. The molecule has 0 amide bonds. The van der Waals surface area contributed by atoms with Crippen molar-refractivity contribution in [3.63, 3.8) is 0 Å². The van der Waals surface area contributed by atoms with Crippen LogP contribution in [0.1, 0.15) is 81.3 Å². The van der Waals surface area contributed by atoms with Crippen molar-refractivity contribution in [2.45, 2.75) is 65.2 Å². The van der Waals surface area contributed by atoms with Gasteiger partial charge in [-0.25, -0.2) is 12.2 Å². The van der Waals surface area contributed by atoms with Gasteiger partial charge in [0.15, 0.2) is 0 Å². The van der Waals surface area contributed by atoms with Crippen LogP contribution in [0.2, 0.25) is 10.0 Å². The molecule has 8 aromatic carbocycles. The number of halogens is 2. The first-order chi connectivity index (χ1) is 29.8. The van der Waals surface area contributed by atoms with Crippen LogP contribution < -0.4 is 0 Å². The summed E-state index contributed by atoms with van der Waals surface area (Å²) in [6, 6.07) is 57.7. The standard InChI is InChI=1S/C33H33.C21H12Cl2.C5H5.Zr/c1-32(2,3)30-20-26-24(18-28(30)22-13-9-7-10-14-22)17-25-19-29(23-15-11-8-12-16-23)31(21-27(25)26)33(4,5)6;22-18-10-14-5-1-3-7-20(14)16(12-18)9-17-13-19(23)11-15-6-2-4-8-21(15)17;1-2-4-5-3-1;/h7-16,18,20-21H,17H2,1-6H3;1-8,10-13H;1-3H,4H2;/q-1;;-1;+2. The van der Waals surface area contributed by atoms with Gasteiger partial charge in [-0.15, -0.1) is 35.2 Å². The first-order valence-electron chi connectivity index (χ1n) is 21.3. The minimum atomic E-state index is 0.0380. The molecule has 62 heavy (non-hydrogen) atoms. The van der Waals surface area contributed by atoms with E-state index >= 15 is 0 Å². The number of fused-ring (bicyclic) bond motifs is 5. The minimum absolute atomic E-state index is 0.0380. The van der Waals surface area contributed by atoms with E-state index in [1.54, 1.807) is 0 Å². The largest absolute Gasteiger partial charge is 0.273 e. The maximum atomic E-state index is 6.38. The Labute approximate surface area is 393 Å². The van der Waals surface area contributed by atoms with Crippen LogP contribution in [0.4, 0.5) is 0 Å². The SMILES string of the molecule is CC(C)(C)c1cc2c([c-]c1-c1ccccc1)Cc1cc(-c3ccccc3)c(C(C)(C)C)cc1-2.Clc1cc([C](=[Zr+2])c2cc(Cl)cc3ccccc23)c2ccccc2c1.[C-]1=CC=CC1. The molecule has 8 aromatic rings. The van der Waals surface area contributed by atoms with Crippen molar-refractivity contribution >= 4 is 48.0 Å². The second-order valence-corrected chi connectivity index (χ2v) is 20.2. The Morgan fingerprint density at radius 3 is 1.56 bits per heavy atom. The van der Waals surface area contributed by atoms with Crippen molar-refractivity contribution in [1.82, 2.24) is 0 Å². The molecule has 2 aliphatic carbocycles. The molecule has 0 unspecified atom stereocenters. The molecule has 0 spiro atoms. The zero-order valence-corrected chi connectivity index (χ0v) is 40.3. The van der Waals surface area contributed by atoms with Gasteiger partial charge < -0.3 is 0 Å². The molecule has 0 aromatic heterocycles. The number of hydrogen-bond donors (Lipinski definition) is 0. The molecule has 0 bridgehead atoms. The molecule has 2 aliphatic rings. The summed E-state index contributed by atoms with van der Waals surface area (Å²) in [5.74, 6) is 0. The third-order valence-electron chi connectivity index (χ3n) is 11.6. The van der Waals surface area contributed by atoms with E-state index in [1.807, 2.05) is 36.4 Å². The van der Waals surface area contributed by atoms with Crippen LogP contribution in [0.3, 0.4) is 0 Å². The zero-order chi connectivity index (χ0) is 43.6. The normalized spacial score (nSPS) is 12.7. The fourth-order valence-corrected chi connectivity index (χ4v) is 10.0. The van der Waals surface area contributed by atoms with E-state index < -0.39 is 0 Å². The van der Waals surface area contributed by atoms with Gasteiger partial charge >= 0.3 is 166 Å². The van der Waals surface area contributed by atoms with Crippen LogP contribution in [0.25, 0.3) is 54.9 Å². The molecular formula is C59H50Cl2Zr. The van der Waals surface area contributed by atoms with Crippen LogP contribution in [0.15, 0.2) is 170 Å². The summed E-state index contributed by atoms with van der Waals surface area (Å²) in [6.45, 7) is 13.9. The summed E-state index contributed by atoms with van der Waals surface area (Å²) >= 11 is 14.1. The molecule has 0 atom stereocenters. The van der Waals surface area contributed by atoms with Gasteiger partial charge in [0.05, 0.1) is 0 Å². The topological polar surface area (TPSA) is 0 Å². The number of rotatable bonds is 4. The van der Waals surface area contributed by atoms with E-state index in [0.717, 1.165) is 33.7 Å². The third-order valence-corrected chi connectivity index (χ3v) is 13.4. The predicted octanol–water partition coefficient (Wildman–Crippen LogP) is 16.7. The van der Waals surface area contributed by atoms with Gasteiger partial charge in [0, 0.05) is 0 Å². The van der Waals surface area contributed by atoms with Crippen molar-refractivity contribution in [3.8, 4) is 33.4 Å². The van der Waals surface area contributed by atoms with E-state index in [9.17, 15) is 0 Å². The second kappa shape index (κ2) is 18.4. The molecule has 0 heterocycles. The molecule has 0 fully saturated rings. The van der Waals surface area contributed by atoms with Gasteiger partial charge in [-0.3, -0.25) is 6.08 Å². The average molecular weight is 921 g/mol. The van der Waals surface area contributed by atoms with Crippen molar-refractivity contribution < 1.29 is 24.2 Å². The Hall–Kier alpha value is -4.91. The molecule has 0 saturated heterocycles. The Kier molecular flexibility index (Phi) is 13.0. The van der Waals surface area contributed by atoms with Gasteiger partial charge in [-0.05, 0) is 39.5 Å². The summed E-state index contributed by atoms with van der Waals surface area (Å²) in [7, 11) is 0.